The fraction of sp³-hybridized carbons (Fsp3) is 0.0588. The van der Waals surface area contributed by atoms with Gasteiger partial charge in [-0.15, -0.1) is 11.3 Å². The average molecular weight is 418 g/mol. The third-order valence-corrected chi connectivity index (χ3v) is 4.90. The summed E-state index contributed by atoms with van der Waals surface area (Å²) in [6, 6.07) is 12.1. The Labute approximate surface area is 155 Å². The number of carbonyl (C=O) groups is 1. The van der Waals surface area contributed by atoms with Crippen LogP contribution in [-0.4, -0.2) is 15.8 Å². The zero-order valence-electron chi connectivity index (χ0n) is 13.0. The van der Waals surface area contributed by atoms with Gasteiger partial charge in [0, 0.05) is 32.6 Å². The summed E-state index contributed by atoms with van der Waals surface area (Å²) in [5.74, 6) is -0.419. The number of rotatable bonds is 4. The molecular weight excluding hydrogens is 406 g/mol. The molecule has 0 aliphatic heterocycles. The molecule has 1 aromatic heterocycles. The SMILES string of the molecule is Cc1c(C(=O)Nc2nc(-c3ccc(Br)cc3)cs2)cccc1[N+](=O)[O-]. The lowest BCUT2D eigenvalue weighted by molar-refractivity contribution is -0.385. The van der Waals surface area contributed by atoms with Gasteiger partial charge in [-0.1, -0.05) is 34.1 Å². The van der Waals surface area contributed by atoms with Gasteiger partial charge >= 0.3 is 0 Å². The molecule has 0 aliphatic rings. The van der Waals surface area contributed by atoms with Crippen LogP contribution in [0, 0.1) is 17.0 Å². The number of carbonyl (C=O) groups excluding carboxylic acids is 1. The van der Waals surface area contributed by atoms with E-state index in [0.29, 0.717) is 10.7 Å². The lowest BCUT2D eigenvalue weighted by Crippen LogP contribution is -2.14. The summed E-state index contributed by atoms with van der Waals surface area (Å²) in [6.45, 7) is 1.56. The smallest absolute Gasteiger partial charge is 0.273 e. The molecule has 8 heteroatoms. The molecule has 0 atom stereocenters. The van der Waals surface area contributed by atoms with Crippen LogP contribution in [0.2, 0.25) is 0 Å². The molecule has 1 N–H and O–H groups in total. The molecule has 1 amide bonds. The zero-order chi connectivity index (χ0) is 18.0. The van der Waals surface area contributed by atoms with Crippen molar-refractivity contribution in [3.63, 3.8) is 0 Å². The first-order chi connectivity index (χ1) is 12.0. The monoisotopic (exact) mass is 417 g/mol. The van der Waals surface area contributed by atoms with E-state index in [-0.39, 0.29) is 11.3 Å². The molecule has 0 saturated carbocycles. The Morgan fingerprint density at radius 3 is 2.64 bits per heavy atom. The Balaban J connectivity index is 1.82. The van der Waals surface area contributed by atoms with Gasteiger partial charge in [0.05, 0.1) is 10.6 Å². The third kappa shape index (κ3) is 3.75. The number of nitrogens with zero attached hydrogens (tertiary/aromatic N) is 2. The molecule has 0 bridgehead atoms. The second kappa shape index (κ2) is 7.12. The Hall–Kier alpha value is -2.58. The normalized spacial score (nSPS) is 10.5. The third-order valence-electron chi connectivity index (χ3n) is 3.61. The molecular formula is C17H12BrN3O3S. The first kappa shape index (κ1) is 17.2. The number of hydrogen-bond donors (Lipinski definition) is 1. The van der Waals surface area contributed by atoms with Gasteiger partial charge in [-0.25, -0.2) is 4.98 Å². The van der Waals surface area contributed by atoms with Crippen molar-refractivity contribution in [1.82, 2.24) is 4.98 Å². The topological polar surface area (TPSA) is 85.1 Å². The van der Waals surface area contributed by atoms with Crippen LogP contribution in [0.1, 0.15) is 15.9 Å². The summed E-state index contributed by atoms with van der Waals surface area (Å²) in [7, 11) is 0. The van der Waals surface area contributed by atoms with Crippen LogP contribution in [0.4, 0.5) is 10.8 Å². The summed E-state index contributed by atoms with van der Waals surface area (Å²) in [5.41, 5.74) is 2.20. The summed E-state index contributed by atoms with van der Waals surface area (Å²) >= 11 is 4.68. The van der Waals surface area contributed by atoms with Gasteiger partial charge < -0.3 is 0 Å². The van der Waals surface area contributed by atoms with E-state index in [4.69, 9.17) is 0 Å². The summed E-state index contributed by atoms with van der Waals surface area (Å²) in [4.78, 5) is 27.3. The van der Waals surface area contributed by atoms with Crippen LogP contribution in [0.15, 0.2) is 52.3 Å². The van der Waals surface area contributed by atoms with Crippen LogP contribution >= 0.6 is 27.3 Å². The maximum atomic E-state index is 12.4. The molecule has 0 radical (unpaired) electrons. The molecule has 0 spiro atoms. The lowest BCUT2D eigenvalue weighted by Gasteiger charge is -2.05. The van der Waals surface area contributed by atoms with Gasteiger partial charge in [-0.2, -0.15) is 0 Å². The number of nitrogens with one attached hydrogen (secondary N) is 1. The minimum atomic E-state index is -0.499. The minimum absolute atomic E-state index is 0.0812. The second-order valence-corrected chi connectivity index (χ2v) is 6.98. The number of anilines is 1. The number of hydrogen-bond acceptors (Lipinski definition) is 5. The fourth-order valence-electron chi connectivity index (χ4n) is 2.32. The van der Waals surface area contributed by atoms with E-state index in [1.165, 1.54) is 23.5 Å². The molecule has 0 aliphatic carbocycles. The number of nitro groups is 1. The number of amides is 1. The molecule has 0 unspecified atom stereocenters. The maximum Gasteiger partial charge on any atom is 0.273 e. The second-order valence-electron chi connectivity index (χ2n) is 5.21. The maximum absolute atomic E-state index is 12.4. The number of halogens is 1. The Kier molecular flexibility index (Phi) is 4.91. The molecule has 126 valence electrons. The van der Waals surface area contributed by atoms with Crippen LogP contribution in [0.3, 0.4) is 0 Å². The van der Waals surface area contributed by atoms with Crippen LogP contribution in [0.5, 0.6) is 0 Å². The van der Waals surface area contributed by atoms with E-state index < -0.39 is 10.8 Å². The molecule has 3 aromatic rings. The first-order valence-electron chi connectivity index (χ1n) is 7.22. The predicted molar refractivity (Wildman–Crippen MR) is 101 cm³/mol. The van der Waals surface area contributed by atoms with Crippen LogP contribution < -0.4 is 5.32 Å². The highest BCUT2D eigenvalue weighted by molar-refractivity contribution is 9.10. The molecule has 2 aromatic carbocycles. The molecule has 0 saturated heterocycles. The van der Waals surface area contributed by atoms with Crippen molar-refractivity contribution in [1.29, 1.82) is 0 Å². The van der Waals surface area contributed by atoms with Crippen molar-refractivity contribution < 1.29 is 9.72 Å². The van der Waals surface area contributed by atoms with Gasteiger partial charge in [0.2, 0.25) is 0 Å². The molecule has 25 heavy (non-hydrogen) atoms. The van der Waals surface area contributed by atoms with Crippen molar-refractivity contribution >= 4 is 44.0 Å². The largest absolute Gasteiger partial charge is 0.298 e. The van der Waals surface area contributed by atoms with E-state index in [1.54, 1.807) is 13.0 Å². The summed E-state index contributed by atoms with van der Waals surface area (Å²) in [6.07, 6.45) is 0. The summed E-state index contributed by atoms with van der Waals surface area (Å²) in [5, 5.41) is 16.0. The average Bonchev–Trinajstić information content (AvgIpc) is 3.03. The van der Waals surface area contributed by atoms with Gasteiger partial charge in [-0.05, 0) is 25.1 Å². The lowest BCUT2D eigenvalue weighted by atomic mass is 10.1. The van der Waals surface area contributed by atoms with Crippen molar-refractivity contribution in [2.45, 2.75) is 6.92 Å². The minimum Gasteiger partial charge on any atom is -0.298 e. The Morgan fingerprint density at radius 1 is 1.24 bits per heavy atom. The van der Waals surface area contributed by atoms with Gasteiger partial charge in [0.25, 0.3) is 11.6 Å². The molecule has 3 rings (SSSR count). The predicted octanol–water partition coefficient (Wildman–Crippen LogP) is 5.04. The quantitative estimate of drug-likeness (QED) is 0.475. The van der Waals surface area contributed by atoms with E-state index in [9.17, 15) is 14.9 Å². The van der Waals surface area contributed by atoms with Crippen molar-refractivity contribution in [3.05, 3.63) is 73.6 Å². The number of benzene rings is 2. The van der Waals surface area contributed by atoms with Crippen molar-refractivity contribution in [3.8, 4) is 11.3 Å². The highest BCUT2D eigenvalue weighted by Gasteiger charge is 2.18. The number of aromatic nitrogens is 1. The number of nitro benzene ring substituents is 1. The Morgan fingerprint density at radius 2 is 1.96 bits per heavy atom. The van der Waals surface area contributed by atoms with Crippen LogP contribution in [0.25, 0.3) is 11.3 Å². The highest BCUT2D eigenvalue weighted by Crippen LogP contribution is 2.27. The molecule has 1 heterocycles. The van der Waals surface area contributed by atoms with Crippen molar-refractivity contribution in [2.24, 2.45) is 0 Å². The Bertz CT molecular complexity index is 954. The zero-order valence-corrected chi connectivity index (χ0v) is 15.4. The van der Waals surface area contributed by atoms with E-state index in [2.05, 4.69) is 26.2 Å². The van der Waals surface area contributed by atoms with Gasteiger partial charge in [-0.3, -0.25) is 20.2 Å². The van der Waals surface area contributed by atoms with Crippen LogP contribution in [-0.2, 0) is 0 Å². The first-order valence-corrected chi connectivity index (χ1v) is 8.90. The number of thiazole rings is 1. The van der Waals surface area contributed by atoms with E-state index in [1.807, 2.05) is 29.6 Å². The van der Waals surface area contributed by atoms with Crippen molar-refractivity contribution in [2.75, 3.05) is 5.32 Å². The van der Waals surface area contributed by atoms with Gasteiger partial charge in [0.1, 0.15) is 0 Å². The molecule has 0 fully saturated rings. The van der Waals surface area contributed by atoms with E-state index >= 15 is 0 Å². The van der Waals surface area contributed by atoms with E-state index in [0.717, 1.165) is 15.7 Å². The van der Waals surface area contributed by atoms with Gasteiger partial charge in [0.15, 0.2) is 5.13 Å². The standard InChI is InChI=1S/C17H12BrN3O3S/c1-10-13(3-2-4-15(10)21(23)24)16(22)20-17-19-14(9-25-17)11-5-7-12(18)8-6-11/h2-9H,1H3,(H,19,20,22). The molecule has 6 nitrogen and oxygen atoms in total. The highest BCUT2D eigenvalue weighted by atomic mass is 79.9. The fourth-order valence-corrected chi connectivity index (χ4v) is 3.30. The summed E-state index contributed by atoms with van der Waals surface area (Å²) < 4.78 is 0.973.